The Morgan fingerprint density at radius 3 is 2.43 bits per heavy atom. The van der Waals surface area contributed by atoms with Gasteiger partial charge in [-0.2, -0.15) is 0 Å². The average Bonchev–Trinajstić information content (AvgIpc) is 2.83. The highest BCUT2D eigenvalue weighted by Gasteiger charge is 2.32. The van der Waals surface area contributed by atoms with Crippen molar-refractivity contribution in [3.05, 3.63) is 81.9 Å². The highest BCUT2D eigenvalue weighted by molar-refractivity contribution is 6.07. The second-order valence-electron chi connectivity index (χ2n) is 8.76. The fourth-order valence-electron chi connectivity index (χ4n) is 4.24. The number of anilines is 4. The molecule has 2 aromatic carbocycles. The summed E-state index contributed by atoms with van der Waals surface area (Å²) in [6, 6.07) is 14.9. The first-order valence-corrected chi connectivity index (χ1v) is 11.7. The molecule has 0 atom stereocenters. The molecule has 1 fully saturated rings. The Bertz CT molecular complexity index is 1300. The van der Waals surface area contributed by atoms with E-state index in [2.05, 4.69) is 5.32 Å². The van der Waals surface area contributed by atoms with Gasteiger partial charge in [0.15, 0.2) is 0 Å². The molecule has 3 aromatic rings. The Hall–Kier alpha value is -3.94. The summed E-state index contributed by atoms with van der Waals surface area (Å²) in [6.07, 6.45) is 4.05. The predicted molar refractivity (Wildman–Crippen MR) is 135 cm³/mol. The summed E-state index contributed by atoms with van der Waals surface area (Å²) >= 11 is 0. The van der Waals surface area contributed by atoms with Crippen molar-refractivity contribution in [3.8, 4) is 0 Å². The van der Waals surface area contributed by atoms with Crippen LogP contribution in [0.2, 0.25) is 0 Å². The lowest BCUT2D eigenvalue weighted by Gasteiger charge is -2.36. The van der Waals surface area contributed by atoms with Crippen LogP contribution in [-0.2, 0) is 18.3 Å². The third-order valence-electron chi connectivity index (χ3n) is 6.64. The summed E-state index contributed by atoms with van der Waals surface area (Å²) in [5.41, 5.74) is 1.28. The molecule has 0 unspecified atom stereocenters. The summed E-state index contributed by atoms with van der Waals surface area (Å²) in [5, 5.41) is 2.96. The standard InChI is InChI=1S/C27H29FN4O3/c1-4-18-13-14-22(21(28)15-18)29-23-16-24(34)31(3)26(32(17-33)20-9-6-5-7-10-20)25(23)27(35)30(2)19-11-8-12-19/h5-7,9-10,13-17,19,29H,4,8,11-12H2,1-3H3. The van der Waals surface area contributed by atoms with E-state index in [1.54, 1.807) is 48.3 Å². The molecule has 0 spiro atoms. The number of halogens is 1. The Balaban J connectivity index is 1.92. The zero-order valence-corrected chi connectivity index (χ0v) is 20.1. The van der Waals surface area contributed by atoms with Gasteiger partial charge in [-0.15, -0.1) is 0 Å². The molecule has 182 valence electrons. The number of carbonyl (C=O) groups excluding carboxylic acids is 2. The second-order valence-corrected chi connectivity index (χ2v) is 8.76. The monoisotopic (exact) mass is 476 g/mol. The van der Waals surface area contributed by atoms with Crippen LogP contribution in [0, 0.1) is 5.82 Å². The van der Waals surface area contributed by atoms with E-state index in [-0.39, 0.29) is 34.7 Å². The van der Waals surface area contributed by atoms with Gasteiger partial charge in [0.05, 0.1) is 17.1 Å². The van der Waals surface area contributed by atoms with Gasteiger partial charge >= 0.3 is 0 Å². The van der Waals surface area contributed by atoms with Gasteiger partial charge in [0.2, 0.25) is 6.41 Å². The Kier molecular flexibility index (Phi) is 7.00. The van der Waals surface area contributed by atoms with E-state index in [0.29, 0.717) is 18.5 Å². The first kappa shape index (κ1) is 24.2. The van der Waals surface area contributed by atoms with Crippen LogP contribution in [0.4, 0.5) is 27.3 Å². The molecule has 35 heavy (non-hydrogen) atoms. The van der Waals surface area contributed by atoms with Crippen LogP contribution in [0.3, 0.4) is 0 Å². The highest BCUT2D eigenvalue weighted by atomic mass is 19.1. The van der Waals surface area contributed by atoms with E-state index in [4.69, 9.17) is 0 Å². The van der Waals surface area contributed by atoms with Crippen LogP contribution in [0.5, 0.6) is 0 Å². The van der Waals surface area contributed by atoms with E-state index in [0.717, 1.165) is 24.8 Å². The number of rotatable bonds is 8. The lowest BCUT2D eigenvalue weighted by Crippen LogP contribution is -2.42. The molecule has 0 bridgehead atoms. The molecule has 8 heteroatoms. The number of nitrogens with zero attached hydrogens (tertiary/aromatic N) is 3. The second kappa shape index (κ2) is 10.1. The minimum atomic E-state index is -0.493. The normalized spacial score (nSPS) is 13.1. The van der Waals surface area contributed by atoms with Crippen molar-refractivity contribution < 1.29 is 14.0 Å². The largest absolute Gasteiger partial charge is 0.352 e. The Morgan fingerprint density at radius 2 is 1.86 bits per heavy atom. The van der Waals surface area contributed by atoms with E-state index in [1.807, 2.05) is 13.0 Å². The minimum absolute atomic E-state index is 0.0717. The summed E-state index contributed by atoms with van der Waals surface area (Å²) < 4.78 is 16.1. The third-order valence-corrected chi connectivity index (χ3v) is 6.64. The van der Waals surface area contributed by atoms with Gasteiger partial charge in [-0.1, -0.05) is 31.2 Å². The number of pyridine rings is 1. The van der Waals surface area contributed by atoms with Crippen LogP contribution < -0.4 is 15.8 Å². The van der Waals surface area contributed by atoms with Crippen molar-refractivity contribution in [2.24, 2.45) is 7.05 Å². The number of amides is 2. The molecule has 1 aliphatic rings. The molecule has 1 N–H and O–H groups in total. The lowest BCUT2D eigenvalue weighted by molar-refractivity contribution is -0.106. The van der Waals surface area contributed by atoms with Crippen LogP contribution in [0.1, 0.15) is 42.1 Å². The fourth-order valence-corrected chi connectivity index (χ4v) is 4.24. The molecule has 1 saturated carbocycles. The average molecular weight is 477 g/mol. The number of hydrogen-bond donors (Lipinski definition) is 1. The number of carbonyl (C=O) groups is 2. The zero-order chi connectivity index (χ0) is 25.1. The molecule has 1 heterocycles. The molecular formula is C27H29FN4O3. The molecule has 0 aliphatic heterocycles. The molecular weight excluding hydrogens is 447 g/mol. The molecule has 7 nitrogen and oxygen atoms in total. The minimum Gasteiger partial charge on any atom is -0.352 e. The van der Waals surface area contributed by atoms with Gasteiger partial charge in [-0.05, 0) is 55.5 Å². The van der Waals surface area contributed by atoms with Gasteiger partial charge in [-0.25, -0.2) is 4.39 Å². The fraction of sp³-hybridized carbons (Fsp3) is 0.296. The number of benzene rings is 2. The number of para-hydroxylation sites is 1. The maximum Gasteiger partial charge on any atom is 0.259 e. The number of nitrogens with one attached hydrogen (secondary N) is 1. The van der Waals surface area contributed by atoms with Crippen molar-refractivity contribution in [1.82, 2.24) is 9.47 Å². The lowest BCUT2D eigenvalue weighted by atomic mass is 9.91. The predicted octanol–water partition coefficient (Wildman–Crippen LogP) is 4.75. The number of aromatic nitrogens is 1. The van der Waals surface area contributed by atoms with E-state index >= 15 is 0 Å². The first-order valence-electron chi connectivity index (χ1n) is 11.7. The molecule has 2 amide bonds. The van der Waals surface area contributed by atoms with Crippen LogP contribution >= 0.6 is 0 Å². The number of aryl methyl sites for hydroxylation is 1. The van der Waals surface area contributed by atoms with Crippen LogP contribution in [0.15, 0.2) is 59.4 Å². The smallest absolute Gasteiger partial charge is 0.259 e. The third kappa shape index (κ3) is 4.69. The van der Waals surface area contributed by atoms with Crippen molar-refractivity contribution in [1.29, 1.82) is 0 Å². The summed E-state index contributed by atoms with van der Waals surface area (Å²) in [4.78, 5) is 42.1. The maximum absolute atomic E-state index is 14.9. The van der Waals surface area contributed by atoms with Gasteiger partial charge in [0.25, 0.3) is 11.5 Å². The van der Waals surface area contributed by atoms with Crippen molar-refractivity contribution in [2.45, 2.75) is 38.6 Å². The summed E-state index contributed by atoms with van der Waals surface area (Å²) in [7, 11) is 3.23. The van der Waals surface area contributed by atoms with E-state index in [1.165, 1.54) is 28.6 Å². The summed E-state index contributed by atoms with van der Waals surface area (Å²) in [5.74, 6) is -0.730. The molecule has 4 rings (SSSR count). The molecule has 1 aromatic heterocycles. The van der Waals surface area contributed by atoms with Crippen LogP contribution in [-0.4, -0.2) is 34.9 Å². The Morgan fingerprint density at radius 1 is 1.14 bits per heavy atom. The first-order chi connectivity index (χ1) is 16.8. The van der Waals surface area contributed by atoms with Gasteiger partial charge in [-0.3, -0.25) is 23.9 Å². The maximum atomic E-state index is 14.9. The van der Waals surface area contributed by atoms with E-state index < -0.39 is 11.4 Å². The quantitative estimate of drug-likeness (QED) is 0.476. The highest BCUT2D eigenvalue weighted by Crippen LogP contribution is 2.35. The SMILES string of the molecule is CCc1ccc(Nc2cc(=O)n(C)c(N(C=O)c3ccccc3)c2C(=O)N(C)C2CCC2)c(F)c1. The molecule has 0 radical (unpaired) electrons. The van der Waals surface area contributed by atoms with E-state index in [9.17, 15) is 18.8 Å². The van der Waals surface area contributed by atoms with Gasteiger partial charge in [0, 0.05) is 26.2 Å². The summed E-state index contributed by atoms with van der Waals surface area (Å²) in [6.45, 7) is 1.93. The topological polar surface area (TPSA) is 74.6 Å². The number of hydrogen-bond acceptors (Lipinski definition) is 4. The van der Waals surface area contributed by atoms with Crippen molar-refractivity contribution >= 4 is 35.2 Å². The van der Waals surface area contributed by atoms with Crippen molar-refractivity contribution in [3.63, 3.8) is 0 Å². The van der Waals surface area contributed by atoms with Crippen LogP contribution in [0.25, 0.3) is 0 Å². The van der Waals surface area contributed by atoms with Gasteiger partial charge < -0.3 is 10.2 Å². The Labute approximate surface area is 203 Å². The molecule has 0 saturated heterocycles. The zero-order valence-electron chi connectivity index (χ0n) is 20.1. The van der Waals surface area contributed by atoms with Gasteiger partial charge in [0.1, 0.15) is 17.2 Å². The van der Waals surface area contributed by atoms with Crippen molar-refractivity contribution in [2.75, 3.05) is 17.3 Å². The molecule has 1 aliphatic carbocycles.